The number of carbonyl (C=O) groups excluding carboxylic acids is 6. The zero-order chi connectivity index (χ0) is 23.8. The number of hydrogen-bond donors (Lipinski definition) is 0. The topological polar surface area (TPSA) is 139 Å². The van der Waals surface area contributed by atoms with E-state index in [0.29, 0.717) is 12.8 Å². The first-order valence-corrected chi connectivity index (χ1v) is 10.2. The summed E-state index contributed by atoms with van der Waals surface area (Å²) in [6, 6.07) is 0. The van der Waals surface area contributed by atoms with Gasteiger partial charge in [0, 0.05) is 10.8 Å². The summed E-state index contributed by atoms with van der Waals surface area (Å²) in [6.45, 7) is 0. The SMILES string of the molecule is COC(=O)C1C(=O)C(C(=O)OC)C23CC/C=C\CCC12C(C(=O)OC)C(=O)C3C(=O)OC. The van der Waals surface area contributed by atoms with Gasteiger partial charge in [-0.3, -0.25) is 28.8 Å². The molecule has 10 nitrogen and oxygen atoms in total. The van der Waals surface area contributed by atoms with E-state index in [2.05, 4.69) is 0 Å². The highest BCUT2D eigenvalue weighted by molar-refractivity contribution is 6.20. The number of esters is 4. The second kappa shape index (κ2) is 8.48. The van der Waals surface area contributed by atoms with Crippen LogP contribution < -0.4 is 0 Å². The van der Waals surface area contributed by atoms with Gasteiger partial charge in [0.1, 0.15) is 23.7 Å². The van der Waals surface area contributed by atoms with E-state index in [1.807, 2.05) is 12.2 Å². The summed E-state index contributed by atoms with van der Waals surface area (Å²) in [5.41, 5.74) is -3.44. The molecular formula is C22H26O10. The molecule has 3 rings (SSSR count). The number of rotatable bonds is 4. The first-order chi connectivity index (χ1) is 15.2. The molecule has 174 valence electrons. The minimum Gasteiger partial charge on any atom is -0.468 e. The van der Waals surface area contributed by atoms with E-state index >= 15 is 0 Å². The maximum Gasteiger partial charge on any atom is 0.316 e. The molecule has 32 heavy (non-hydrogen) atoms. The van der Waals surface area contributed by atoms with Gasteiger partial charge in [-0.25, -0.2) is 0 Å². The van der Waals surface area contributed by atoms with Crippen LogP contribution >= 0.6 is 0 Å². The van der Waals surface area contributed by atoms with E-state index in [9.17, 15) is 28.8 Å². The Hall–Kier alpha value is -3.04. The highest BCUT2D eigenvalue weighted by Crippen LogP contribution is 2.74. The van der Waals surface area contributed by atoms with Gasteiger partial charge in [-0.1, -0.05) is 12.2 Å². The van der Waals surface area contributed by atoms with Crippen LogP contribution in [0.4, 0.5) is 0 Å². The minimum absolute atomic E-state index is 0.00149. The summed E-state index contributed by atoms with van der Waals surface area (Å²) in [6.07, 6.45) is 4.22. The lowest BCUT2D eigenvalue weighted by Gasteiger charge is -2.47. The largest absolute Gasteiger partial charge is 0.468 e. The molecule has 0 spiro atoms. The molecule has 0 radical (unpaired) electrons. The lowest BCUT2D eigenvalue weighted by molar-refractivity contribution is -0.170. The van der Waals surface area contributed by atoms with Crippen LogP contribution in [0.25, 0.3) is 0 Å². The molecule has 2 fully saturated rings. The van der Waals surface area contributed by atoms with Gasteiger partial charge in [0.15, 0.2) is 11.6 Å². The van der Waals surface area contributed by atoms with Crippen molar-refractivity contribution >= 4 is 35.4 Å². The predicted octanol–water partition coefficient (Wildman–Crippen LogP) is 0.412. The Labute approximate surface area is 184 Å². The quantitative estimate of drug-likeness (QED) is 0.256. The van der Waals surface area contributed by atoms with Crippen molar-refractivity contribution in [2.75, 3.05) is 28.4 Å². The van der Waals surface area contributed by atoms with Gasteiger partial charge in [0.05, 0.1) is 28.4 Å². The normalized spacial score (nSPS) is 36.8. The van der Waals surface area contributed by atoms with Crippen LogP contribution in [-0.2, 0) is 47.7 Å². The Kier molecular flexibility index (Phi) is 6.26. The highest BCUT2D eigenvalue weighted by atomic mass is 16.5. The van der Waals surface area contributed by atoms with Crippen molar-refractivity contribution in [3.63, 3.8) is 0 Å². The first kappa shape index (κ1) is 23.6. The van der Waals surface area contributed by atoms with E-state index in [0.717, 1.165) is 28.4 Å². The summed E-state index contributed by atoms with van der Waals surface area (Å²) in [4.78, 5) is 79.3. The molecule has 10 heteroatoms. The van der Waals surface area contributed by atoms with E-state index in [-0.39, 0.29) is 12.8 Å². The molecule has 3 aliphatic carbocycles. The summed E-state index contributed by atoms with van der Waals surface area (Å²) < 4.78 is 19.6. The van der Waals surface area contributed by atoms with Gasteiger partial charge >= 0.3 is 23.9 Å². The van der Waals surface area contributed by atoms with Crippen molar-refractivity contribution in [1.82, 2.24) is 0 Å². The molecule has 3 aliphatic rings. The molecule has 0 N–H and O–H groups in total. The Bertz CT molecular complexity index is 776. The number of hydrogen-bond acceptors (Lipinski definition) is 10. The monoisotopic (exact) mass is 450 g/mol. The molecule has 0 aromatic heterocycles. The average Bonchev–Trinajstić information content (AvgIpc) is 3.09. The van der Waals surface area contributed by atoms with Gasteiger partial charge in [-0.15, -0.1) is 0 Å². The summed E-state index contributed by atoms with van der Waals surface area (Å²) in [5.74, 6) is -12.1. The van der Waals surface area contributed by atoms with Gasteiger partial charge in [0.2, 0.25) is 0 Å². The predicted molar refractivity (Wildman–Crippen MR) is 105 cm³/mol. The Morgan fingerprint density at radius 2 is 0.875 bits per heavy atom. The van der Waals surface area contributed by atoms with Crippen LogP contribution in [0.2, 0.25) is 0 Å². The number of allylic oxidation sites excluding steroid dienone is 2. The highest BCUT2D eigenvalue weighted by Gasteiger charge is 2.85. The summed E-state index contributed by atoms with van der Waals surface area (Å²) in [5, 5.41) is 0. The Morgan fingerprint density at radius 1 is 0.625 bits per heavy atom. The van der Waals surface area contributed by atoms with Crippen LogP contribution in [0.15, 0.2) is 12.2 Å². The van der Waals surface area contributed by atoms with E-state index in [4.69, 9.17) is 18.9 Å². The third-order valence-corrected chi connectivity index (χ3v) is 7.43. The minimum atomic E-state index is -1.72. The van der Waals surface area contributed by atoms with Gasteiger partial charge in [0.25, 0.3) is 0 Å². The maximum atomic E-state index is 13.7. The molecule has 0 amide bonds. The second-order valence-corrected chi connectivity index (χ2v) is 8.26. The first-order valence-electron chi connectivity index (χ1n) is 10.2. The molecule has 4 atom stereocenters. The number of methoxy groups -OCH3 is 4. The molecule has 0 bridgehead atoms. The van der Waals surface area contributed by atoms with E-state index in [1.54, 1.807) is 0 Å². The van der Waals surface area contributed by atoms with Gasteiger partial charge in [-0.2, -0.15) is 0 Å². The molecule has 0 saturated heterocycles. The van der Waals surface area contributed by atoms with Crippen LogP contribution in [0.5, 0.6) is 0 Å². The number of ketones is 2. The van der Waals surface area contributed by atoms with Crippen LogP contribution in [0.3, 0.4) is 0 Å². The zero-order valence-corrected chi connectivity index (χ0v) is 18.4. The van der Waals surface area contributed by atoms with Crippen molar-refractivity contribution in [3.05, 3.63) is 12.2 Å². The van der Waals surface area contributed by atoms with Crippen molar-refractivity contribution in [2.24, 2.45) is 34.5 Å². The zero-order valence-electron chi connectivity index (χ0n) is 18.4. The van der Waals surface area contributed by atoms with Gasteiger partial charge in [-0.05, 0) is 25.7 Å². The maximum absolute atomic E-state index is 13.7. The number of ether oxygens (including phenoxy) is 4. The van der Waals surface area contributed by atoms with Crippen molar-refractivity contribution in [3.8, 4) is 0 Å². The smallest absolute Gasteiger partial charge is 0.316 e. The molecule has 0 aromatic carbocycles. The Morgan fingerprint density at radius 3 is 1.09 bits per heavy atom. The third kappa shape index (κ3) is 2.77. The van der Waals surface area contributed by atoms with Crippen LogP contribution in [-0.4, -0.2) is 63.9 Å². The van der Waals surface area contributed by atoms with Crippen LogP contribution in [0, 0.1) is 34.5 Å². The van der Waals surface area contributed by atoms with Crippen LogP contribution in [0.1, 0.15) is 25.7 Å². The second-order valence-electron chi connectivity index (χ2n) is 8.26. The molecule has 4 unspecified atom stereocenters. The van der Waals surface area contributed by atoms with E-state index < -0.39 is 69.9 Å². The fraction of sp³-hybridized carbons (Fsp3) is 0.636. The molecule has 0 heterocycles. The molecule has 0 aromatic rings. The Balaban J connectivity index is 2.49. The fourth-order valence-corrected chi connectivity index (χ4v) is 6.46. The molecular weight excluding hydrogens is 424 g/mol. The lowest BCUT2D eigenvalue weighted by Crippen LogP contribution is -2.52. The summed E-state index contributed by atoms with van der Waals surface area (Å²) in [7, 11) is 4.29. The average molecular weight is 450 g/mol. The molecule has 2 saturated carbocycles. The number of carbonyl (C=O) groups is 6. The number of Topliss-reactive ketones (excluding diaryl/α,β-unsaturated/α-hetero) is 2. The third-order valence-electron chi connectivity index (χ3n) is 7.43. The van der Waals surface area contributed by atoms with Crippen molar-refractivity contribution in [2.45, 2.75) is 25.7 Å². The van der Waals surface area contributed by atoms with Gasteiger partial charge < -0.3 is 18.9 Å². The standard InChI is InChI=1S/C22H26O10/c1-29-17(25)11-15(23)12(18(26)30-2)22-10-8-6-5-7-9-21(11,22)13(19(27)31-3)16(24)14(22)20(28)32-4/h5-6,11-14H,7-10H2,1-4H3/b6-5-. The van der Waals surface area contributed by atoms with Crippen molar-refractivity contribution in [1.29, 1.82) is 0 Å². The van der Waals surface area contributed by atoms with E-state index in [1.165, 1.54) is 0 Å². The fourth-order valence-electron chi connectivity index (χ4n) is 6.46. The summed E-state index contributed by atoms with van der Waals surface area (Å²) >= 11 is 0. The molecule has 0 aliphatic heterocycles. The van der Waals surface area contributed by atoms with Crippen molar-refractivity contribution < 1.29 is 47.7 Å². The lowest BCUT2D eigenvalue weighted by atomic mass is 9.53.